The van der Waals surface area contributed by atoms with Crippen LogP contribution in [0.3, 0.4) is 0 Å². The van der Waals surface area contributed by atoms with Gasteiger partial charge >= 0.3 is 0 Å². The predicted octanol–water partition coefficient (Wildman–Crippen LogP) is 4.45. The Bertz CT molecular complexity index is 290. The van der Waals surface area contributed by atoms with Crippen molar-refractivity contribution in [2.75, 3.05) is 0 Å². The predicted molar refractivity (Wildman–Crippen MR) is 64.4 cm³/mol. The van der Waals surface area contributed by atoms with E-state index in [-0.39, 0.29) is 0 Å². The summed E-state index contributed by atoms with van der Waals surface area (Å²) in [5, 5.41) is 0. The monoisotopic (exact) mass is 188 g/mol. The third-order valence-corrected chi connectivity index (χ3v) is 2.66. The molecule has 0 saturated carbocycles. The van der Waals surface area contributed by atoms with E-state index in [1.165, 1.54) is 36.0 Å². The Morgan fingerprint density at radius 1 is 1.21 bits per heavy atom. The van der Waals surface area contributed by atoms with Gasteiger partial charge in [-0.05, 0) is 43.4 Å². The maximum Gasteiger partial charge on any atom is -0.0230 e. The molecule has 0 bridgehead atoms. The van der Waals surface area contributed by atoms with Crippen LogP contribution in [0, 0.1) is 0 Å². The summed E-state index contributed by atoms with van der Waals surface area (Å²) >= 11 is 0. The number of allylic oxidation sites excluding steroid dienone is 2. The van der Waals surface area contributed by atoms with E-state index in [0.29, 0.717) is 0 Å². The van der Waals surface area contributed by atoms with Crippen molar-refractivity contribution in [2.45, 2.75) is 40.0 Å². The molecule has 76 valence electrons. The molecule has 0 amide bonds. The summed E-state index contributed by atoms with van der Waals surface area (Å²) in [5.74, 6) is 0. The quantitative estimate of drug-likeness (QED) is 0.654. The molecule has 0 fully saturated rings. The van der Waals surface area contributed by atoms with E-state index < -0.39 is 0 Å². The van der Waals surface area contributed by atoms with Crippen molar-refractivity contribution in [3.05, 3.63) is 41.5 Å². The van der Waals surface area contributed by atoms with Gasteiger partial charge in [0.05, 0.1) is 0 Å². The first-order valence-corrected chi connectivity index (χ1v) is 5.50. The lowest BCUT2D eigenvalue weighted by atomic mass is 10.0. The van der Waals surface area contributed by atoms with E-state index in [1.54, 1.807) is 0 Å². The number of hydrogen-bond acceptors (Lipinski definition) is 0. The van der Waals surface area contributed by atoms with Crippen LogP contribution >= 0.6 is 0 Å². The van der Waals surface area contributed by atoms with Crippen molar-refractivity contribution >= 4 is 5.57 Å². The molecule has 1 aromatic rings. The van der Waals surface area contributed by atoms with Gasteiger partial charge in [-0.2, -0.15) is 0 Å². The summed E-state index contributed by atoms with van der Waals surface area (Å²) < 4.78 is 0. The van der Waals surface area contributed by atoms with Gasteiger partial charge in [0, 0.05) is 0 Å². The van der Waals surface area contributed by atoms with Crippen molar-refractivity contribution in [2.24, 2.45) is 0 Å². The first kappa shape index (κ1) is 11.0. The van der Waals surface area contributed by atoms with Crippen LogP contribution in [0.1, 0.15) is 44.7 Å². The van der Waals surface area contributed by atoms with Crippen LogP contribution < -0.4 is 0 Å². The molecule has 1 rings (SSSR count). The van der Waals surface area contributed by atoms with Gasteiger partial charge in [0.1, 0.15) is 0 Å². The Morgan fingerprint density at radius 3 is 2.36 bits per heavy atom. The highest BCUT2D eigenvalue weighted by atomic mass is 14.0. The Balaban J connectivity index is 2.68. The van der Waals surface area contributed by atoms with Crippen LogP contribution in [0.25, 0.3) is 5.57 Å². The van der Waals surface area contributed by atoms with E-state index >= 15 is 0 Å². The number of benzene rings is 1. The second-order valence-corrected chi connectivity index (χ2v) is 3.77. The first-order valence-electron chi connectivity index (χ1n) is 5.50. The fourth-order valence-corrected chi connectivity index (χ4v) is 1.48. The molecule has 0 spiro atoms. The molecule has 0 aliphatic carbocycles. The molecule has 0 radical (unpaired) electrons. The smallest absolute Gasteiger partial charge is 0.0230 e. The van der Waals surface area contributed by atoms with Gasteiger partial charge in [0.15, 0.2) is 0 Å². The third kappa shape index (κ3) is 3.02. The van der Waals surface area contributed by atoms with Crippen LogP contribution in [0.4, 0.5) is 0 Å². The summed E-state index contributed by atoms with van der Waals surface area (Å²) in [6.45, 7) is 6.47. The molecule has 0 nitrogen and oxygen atoms in total. The van der Waals surface area contributed by atoms with E-state index in [9.17, 15) is 0 Å². The van der Waals surface area contributed by atoms with Gasteiger partial charge in [0.25, 0.3) is 0 Å². The standard InChI is InChI=1S/C14H20/c1-4-6-7-13-8-10-14(11-9-13)12(3)5-2/h5,8-11H,4,6-7H2,1-3H3. The average molecular weight is 188 g/mol. The van der Waals surface area contributed by atoms with Crippen molar-refractivity contribution < 1.29 is 0 Å². The average Bonchev–Trinajstić information content (AvgIpc) is 2.26. The van der Waals surface area contributed by atoms with E-state index in [4.69, 9.17) is 0 Å². The summed E-state index contributed by atoms with van der Waals surface area (Å²) in [6, 6.07) is 8.94. The molecule has 0 heteroatoms. The molecule has 0 aliphatic rings. The highest BCUT2D eigenvalue weighted by Gasteiger charge is 1.95. The Morgan fingerprint density at radius 2 is 1.86 bits per heavy atom. The van der Waals surface area contributed by atoms with Gasteiger partial charge in [-0.15, -0.1) is 0 Å². The van der Waals surface area contributed by atoms with Crippen LogP contribution in [-0.4, -0.2) is 0 Å². The highest BCUT2D eigenvalue weighted by molar-refractivity contribution is 5.63. The number of rotatable bonds is 4. The lowest BCUT2D eigenvalue weighted by molar-refractivity contribution is 0.795. The van der Waals surface area contributed by atoms with Crippen molar-refractivity contribution in [1.29, 1.82) is 0 Å². The minimum absolute atomic E-state index is 1.21. The van der Waals surface area contributed by atoms with Gasteiger partial charge in [-0.25, -0.2) is 0 Å². The van der Waals surface area contributed by atoms with Crippen LogP contribution in [0.5, 0.6) is 0 Å². The molecule has 0 saturated heterocycles. The van der Waals surface area contributed by atoms with Gasteiger partial charge in [0.2, 0.25) is 0 Å². The van der Waals surface area contributed by atoms with E-state index in [0.717, 1.165) is 0 Å². The zero-order valence-corrected chi connectivity index (χ0v) is 9.51. The number of unbranched alkanes of at least 4 members (excludes halogenated alkanes) is 1. The van der Waals surface area contributed by atoms with Crippen LogP contribution in [0.15, 0.2) is 30.3 Å². The minimum atomic E-state index is 1.21. The summed E-state index contributed by atoms with van der Waals surface area (Å²) in [7, 11) is 0. The molecule has 0 aliphatic heterocycles. The first-order chi connectivity index (χ1) is 6.77. The Kier molecular flexibility index (Phi) is 4.45. The molecule has 0 heterocycles. The molecule has 0 atom stereocenters. The lowest BCUT2D eigenvalue weighted by Gasteiger charge is -2.03. The Hall–Kier alpha value is -1.04. The van der Waals surface area contributed by atoms with Crippen molar-refractivity contribution in [1.82, 2.24) is 0 Å². The van der Waals surface area contributed by atoms with Crippen molar-refractivity contribution in [3.8, 4) is 0 Å². The summed E-state index contributed by atoms with van der Waals surface area (Å²) in [5.41, 5.74) is 4.15. The van der Waals surface area contributed by atoms with E-state index in [1.807, 2.05) is 0 Å². The molecule has 0 unspecified atom stereocenters. The number of hydrogen-bond donors (Lipinski definition) is 0. The third-order valence-electron chi connectivity index (χ3n) is 2.66. The normalized spacial score (nSPS) is 11.8. The van der Waals surface area contributed by atoms with E-state index in [2.05, 4.69) is 51.1 Å². The molecule has 14 heavy (non-hydrogen) atoms. The summed E-state index contributed by atoms with van der Waals surface area (Å²) in [6.07, 6.45) is 5.93. The van der Waals surface area contributed by atoms with Crippen LogP contribution in [-0.2, 0) is 6.42 Å². The summed E-state index contributed by atoms with van der Waals surface area (Å²) in [4.78, 5) is 0. The maximum atomic E-state index is 2.25. The molecular weight excluding hydrogens is 168 g/mol. The lowest BCUT2D eigenvalue weighted by Crippen LogP contribution is -1.85. The second-order valence-electron chi connectivity index (χ2n) is 3.77. The highest BCUT2D eigenvalue weighted by Crippen LogP contribution is 2.15. The fourth-order valence-electron chi connectivity index (χ4n) is 1.48. The second kappa shape index (κ2) is 5.64. The van der Waals surface area contributed by atoms with Gasteiger partial charge in [-0.1, -0.05) is 43.7 Å². The van der Waals surface area contributed by atoms with Gasteiger partial charge in [-0.3, -0.25) is 0 Å². The fraction of sp³-hybridized carbons (Fsp3) is 0.429. The Labute approximate surface area is 87.7 Å². The zero-order valence-electron chi connectivity index (χ0n) is 9.51. The minimum Gasteiger partial charge on any atom is -0.0841 e. The van der Waals surface area contributed by atoms with Gasteiger partial charge < -0.3 is 0 Å². The zero-order chi connectivity index (χ0) is 10.4. The van der Waals surface area contributed by atoms with Crippen molar-refractivity contribution in [3.63, 3.8) is 0 Å². The maximum absolute atomic E-state index is 2.25. The molecular formula is C14H20. The molecule has 1 aromatic carbocycles. The SMILES string of the molecule is CC=C(C)c1ccc(CCCC)cc1. The van der Waals surface area contributed by atoms with Crippen LogP contribution in [0.2, 0.25) is 0 Å². The molecule has 0 N–H and O–H groups in total. The number of aryl methyl sites for hydroxylation is 1. The molecule has 0 aromatic heterocycles. The largest absolute Gasteiger partial charge is 0.0841 e. The topological polar surface area (TPSA) is 0 Å².